The Kier molecular flexibility index (Phi) is 5.31. The van der Waals surface area contributed by atoms with Crippen LogP contribution in [0, 0.1) is 0 Å². The normalized spacial score (nSPS) is 12.8. The summed E-state index contributed by atoms with van der Waals surface area (Å²) in [5.74, 6) is 0. The molecule has 0 amide bonds. The number of aliphatic hydroxyl groups excluding tert-OH is 2. The van der Waals surface area contributed by atoms with Crippen molar-refractivity contribution in [1.29, 1.82) is 0 Å². The number of hydrogen-bond donors (Lipinski definition) is 2. The van der Waals surface area contributed by atoms with Crippen LogP contribution in [-0.2, 0) is 0 Å². The smallest absolute Gasteiger partial charge is 0.255 e. The lowest BCUT2D eigenvalue weighted by atomic mass is 10.1. The Morgan fingerprint density at radius 1 is 1.24 bits per heavy atom. The van der Waals surface area contributed by atoms with E-state index in [1.165, 1.54) is 4.90 Å². The summed E-state index contributed by atoms with van der Waals surface area (Å²) >= 11 is 0. The van der Waals surface area contributed by atoms with Crippen LogP contribution in [0.5, 0.6) is 0 Å². The van der Waals surface area contributed by atoms with Gasteiger partial charge in [-0.1, -0.05) is 12.1 Å². The van der Waals surface area contributed by atoms with Crippen LogP contribution in [0.3, 0.4) is 0 Å². The van der Waals surface area contributed by atoms with E-state index >= 15 is 0 Å². The lowest BCUT2D eigenvalue weighted by Crippen LogP contribution is -2.31. The standard InChI is InChI=1S/C12H17F2NO2/c1-9(17)10-2-4-11(5-3-10)15(6-7-16)8-12(13)14/h2-5,9,12,16-17H,6-8H2,1H3/t9-/m1/s1. The van der Waals surface area contributed by atoms with E-state index in [1.807, 2.05) is 0 Å². The molecule has 0 aliphatic heterocycles. The van der Waals surface area contributed by atoms with Gasteiger partial charge in [-0.3, -0.25) is 0 Å². The molecule has 2 N–H and O–H groups in total. The Bertz CT molecular complexity index is 328. The highest BCUT2D eigenvalue weighted by atomic mass is 19.3. The molecule has 0 unspecified atom stereocenters. The first-order valence-electron chi connectivity index (χ1n) is 5.46. The molecule has 0 radical (unpaired) electrons. The zero-order valence-corrected chi connectivity index (χ0v) is 9.68. The third-order valence-electron chi connectivity index (χ3n) is 2.47. The fourth-order valence-corrected chi connectivity index (χ4v) is 1.58. The summed E-state index contributed by atoms with van der Waals surface area (Å²) in [7, 11) is 0. The molecule has 1 aromatic carbocycles. The molecule has 0 fully saturated rings. The van der Waals surface area contributed by atoms with Crippen molar-refractivity contribution in [2.24, 2.45) is 0 Å². The number of benzene rings is 1. The number of anilines is 1. The van der Waals surface area contributed by atoms with Crippen molar-refractivity contribution in [3.05, 3.63) is 29.8 Å². The molecule has 5 heteroatoms. The van der Waals surface area contributed by atoms with Gasteiger partial charge in [0.1, 0.15) is 0 Å². The van der Waals surface area contributed by atoms with Gasteiger partial charge in [0.2, 0.25) is 0 Å². The van der Waals surface area contributed by atoms with Gasteiger partial charge in [0.15, 0.2) is 0 Å². The summed E-state index contributed by atoms with van der Waals surface area (Å²) in [6.45, 7) is 1.22. The van der Waals surface area contributed by atoms with Gasteiger partial charge in [-0.15, -0.1) is 0 Å². The van der Waals surface area contributed by atoms with Crippen molar-refractivity contribution in [3.63, 3.8) is 0 Å². The Labute approximate surface area is 99.3 Å². The van der Waals surface area contributed by atoms with Gasteiger partial charge in [0.05, 0.1) is 19.3 Å². The number of alkyl halides is 2. The molecule has 0 spiro atoms. The minimum atomic E-state index is -2.45. The van der Waals surface area contributed by atoms with E-state index in [0.29, 0.717) is 5.69 Å². The molecule has 1 rings (SSSR count). The van der Waals surface area contributed by atoms with Crippen molar-refractivity contribution < 1.29 is 19.0 Å². The average Bonchev–Trinajstić information content (AvgIpc) is 2.28. The van der Waals surface area contributed by atoms with Gasteiger partial charge in [0, 0.05) is 12.2 Å². The molecule has 0 saturated heterocycles. The lowest BCUT2D eigenvalue weighted by Gasteiger charge is -2.23. The second kappa shape index (κ2) is 6.51. The minimum absolute atomic E-state index is 0.165. The summed E-state index contributed by atoms with van der Waals surface area (Å²) in [4.78, 5) is 1.41. The van der Waals surface area contributed by atoms with Crippen LogP contribution in [-0.4, -0.2) is 36.3 Å². The van der Waals surface area contributed by atoms with E-state index in [4.69, 9.17) is 5.11 Å². The Morgan fingerprint density at radius 2 is 1.82 bits per heavy atom. The second-order valence-electron chi connectivity index (χ2n) is 3.83. The molecule has 0 aromatic heterocycles. The number of rotatable bonds is 6. The highest BCUT2D eigenvalue weighted by molar-refractivity contribution is 5.48. The number of hydrogen-bond acceptors (Lipinski definition) is 3. The zero-order valence-electron chi connectivity index (χ0n) is 9.68. The summed E-state index contributed by atoms with van der Waals surface area (Å²) in [5.41, 5.74) is 1.35. The third-order valence-corrected chi connectivity index (χ3v) is 2.47. The van der Waals surface area contributed by atoms with E-state index in [1.54, 1.807) is 31.2 Å². The number of nitrogens with zero attached hydrogens (tertiary/aromatic N) is 1. The van der Waals surface area contributed by atoms with E-state index in [-0.39, 0.29) is 13.2 Å². The molecule has 0 aliphatic carbocycles. The van der Waals surface area contributed by atoms with Gasteiger partial charge < -0.3 is 15.1 Å². The molecule has 0 aliphatic rings. The first kappa shape index (κ1) is 13.9. The second-order valence-corrected chi connectivity index (χ2v) is 3.83. The van der Waals surface area contributed by atoms with Crippen molar-refractivity contribution in [3.8, 4) is 0 Å². The summed E-state index contributed by atoms with van der Waals surface area (Å²) in [6, 6.07) is 6.71. The van der Waals surface area contributed by atoms with Gasteiger partial charge in [-0.05, 0) is 24.6 Å². The predicted octanol–water partition coefficient (Wildman–Crippen LogP) is 1.80. The van der Waals surface area contributed by atoms with Crippen LogP contribution in [0.15, 0.2) is 24.3 Å². The molecule has 1 aromatic rings. The van der Waals surface area contributed by atoms with Crippen molar-refractivity contribution in [1.82, 2.24) is 0 Å². The Balaban J connectivity index is 2.79. The molecule has 3 nitrogen and oxygen atoms in total. The quantitative estimate of drug-likeness (QED) is 0.803. The van der Waals surface area contributed by atoms with E-state index in [9.17, 15) is 13.9 Å². The van der Waals surface area contributed by atoms with E-state index < -0.39 is 19.1 Å². The zero-order chi connectivity index (χ0) is 12.8. The number of aliphatic hydroxyl groups is 2. The van der Waals surface area contributed by atoms with Crippen LogP contribution in [0.1, 0.15) is 18.6 Å². The van der Waals surface area contributed by atoms with Crippen LogP contribution >= 0.6 is 0 Å². The molecular weight excluding hydrogens is 228 g/mol. The van der Waals surface area contributed by atoms with Crippen molar-refractivity contribution >= 4 is 5.69 Å². The maximum absolute atomic E-state index is 12.3. The van der Waals surface area contributed by atoms with Crippen molar-refractivity contribution in [2.75, 3.05) is 24.6 Å². The summed E-state index contributed by atoms with van der Waals surface area (Å²) < 4.78 is 24.7. The summed E-state index contributed by atoms with van der Waals surface area (Å²) in [5, 5.41) is 18.2. The molecule has 0 saturated carbocycles. The van der Waals surface area contributed by atoms with Crippen LogP contribution in [0.2, 0.25) is 0 Å². The SMILES string of the molecule is C[C@@H](O)c1ccc(N(CCO)CC(F)F)cc1. The van der Waals surface area contributed by atoms with Crippen LogP contribution in [0.4, 0.5) is 14.5 Å². The van der Waals surface area contributed by atoms with E-state index in [2.05, 4.69) is 0 Å². The molecule has 96 valence electrons. The van der Waals surface area contributed by atoms with Crippen LogP contribution < -0.4 is 4.90 Å². The van der Waals surface area contributed by atoms with Gasteiger partial charge in [0.25, 0.3) is 6.43 Å². The minimum Gasteiger partial charge on any atom is -0.395 e. The Hall–Kier alpha value is -1.20. The lowest BCUT2D eigenvalue weighted by molar-refractivity contribution is 0.153. The van der Waals surface area contributed by atoms with Gasteiger partial charge in [-0.2, -0.15) is 0 Å². The molecule has 1 atom stereocenters. The van der Waals surface area contributed by atoms with Crippen LogP contribution in [0.25, 0.3) is 0 Å². The monoisotopic (exact) mass is 245 g/mol. The van der Waals surface area contributed by atoms with Gasteiger partial charge >= 0.3 is 0 Å². The maximum Gasteiger partial charge on any atom is 0.255 e. The third kappa shape index (κ3) is 4.28. The highest BCUT2D eigenvalue weighted by Gasteiger charge is 2.12. The average molecular weight is 245 g/mol. The fourth-order valence-electron chi connectivity index (χ4n) is 1.58. The molecule has 0 bridgehead atoms. The maximum atomic E-state index is 12.3. The molecule has 17 heavy (non-hydrogen) atoms. The topological polar surface area (TPSA) is 43.7 Å². The molecule has 0 heterocycles. The fraction of sp³-hybridized carbons (Fsp3) is 0.500. The highest BCUT2D eigenvalue weighted by Crippen LogP contribution is 2.19. The first-order chi connectivity index (χ1) is 8.04. The molecular formula is C12H17F2NO2. The Morgan fingerprint density at radius 3 is 2.24 bits per heavy atom. The first-order valence-corrected chi connectivity index (χ1v) is 5.46. The number of halogens is 2. The largest absolute Gasteiger partial charge is 0.395 e. The van der Waals surface area contributed by atoms with Crippen molar-refractivity contribution in [2.45, 2.75) is 19.5 Å². The van der Waals surface area contributed by atoms with E-state index in [0.717, 1.165) is 5.56 Å². The van der Waals surface area contributed by atoms with Gasteiger partial charge in [-0.25, -0.2) is 8.78 Å². The predicted molar refractivity (Wildman–Crippen MR) is 62.4 cm³/mol. The summed E-state index contributed by atoms with van der Waals surface area (Å²) in [6.07, 6.45) is -3.02.